The van der Waals surface area contributed by atoms with E-state index in [0.717, 1.165) is 0 Å². The van der Waals surface area contributed by atoms with Crippen molar-refractivity contribution in [3.05, 3.63) is 18.3 Å². The minimum absolute atomic E-state index is 0.180. The van der Waals surface area contributed by atoms with Crippen LogP contribution in [0.2, 0.25) is 0 Å². The average Bonchev–Trinajstić information content (AvgIpc) is 2.38. The predicted octanol–water partition coefficient (Wildman–Crippen LogP) is 0.971. The van der Waals surface area contributed by atoms with Gasteiger partial charge in [0.25, 0.3) is 0 Å². The molecule has 0 bridgehead atoms. The minimum atomic E-state index is -3.54. The molecule has 19 heavy (non-hydrogen) atoms. The number of nitrogens with one attached hydrogen (secondary N) is 2. The Morgan fingerprint density at radius 1 is 1.32 bits per heavy atom. The van der Waals surface area contributed by atoms with Gasteiger partial charge in [-0.1, -0.05) is 0 Å². The van der Waals surface area contributed by atoms with E-state index in [1.807, 2.05) is 6.92 Å². The van der Waals surface area contributed by atoms with E-state index in [-0.39, 0.29) is 4.90 Å². The molecule has 1 fully saturated rings. The average molecular weight is 285 g/mol. The van der Waals surface area contributed by atoms with Crippen molar-refractivity contribution in [2.75, 3.05) is 25.6 Å². The van der Waals surface area contributed by atoms with Crippen LogP contribution in [-0.2, 0) is 14.8 Å². The molecule has 1 aliphatic heterocycles. The van der Waals surface area contributed by atoms with Gasteiger partial charge in [-0.25, -0.2) is 18.1 Å². The zero-order valence-electron chi connectivity index (χ0n) is 11.1. The maximum absolute atomic E-state index is 12.3. The Balaban J connectivity index is 2.17. The third kappa shape index (κ3) is 3.43. The fourth-order valence-electron chi connectivity index (χ4n) is 1.99. The van der Waals surface area contributed by atoms with Gasteiger partial charge in [0, 0.05) is 32.0 Å². The van der Waals surface area contributed by atoms with Gasteiger partial charge in [-0.3, -0.25) is 0 Å². The molecule has 1 saturated heterocycles. The number of hydrogen-bond donors (Lipinski definition) is 2. The second-order valence-corrected chi connectivity index (χ2v) is 6.59. The van der Waals surface area contributed by atoms with Gasteiger partial charge in [0.2, 0.25) is 10.0 Å². The van der Waals surface area contributed by atoms with Crippen LogP contribution in [0.15, 0.2) is 23.2 Å². The molecule has 2 rings (SSSR count). The standard InChI is InChI=1S/C12H19N3O3S/c1-12(5-7-18-8-6-12)15-19(16,17)10-3-4-11(13-2)14-9-10/h3-4,9,15H,5-8H2,1-2H3,(H,13,14). The Labute approximate surface area is 113 Å². The molecule has 0 amide bonds. The Morgan fingerprint density at radius 2 is 2.00 bits per heavy atom. The Kier molecular flexibility index (Phi) is 4.07. The highest BCUT2D eigenvalue weighted by Crippen LogP contribution is 2.23. The van der Waals surface area contributed by atoms with Crippen LogP contribution in [0.3, 0.4) is 0 Å². The molecule has 1 aromatic rings. The molecule has 106 valence electrons. The van der Waals surface area contributed by atoms with Crippen LogP contribution in [0, 0.1) is 0 Å². The van der Waals surface area contributed by atoms with Crippen molar-refractivity contribution in [2.45, 2.75) is 30.2 Å². The lowest BCUT2D eigenvalue weighted by Gasteiger charge is -2.33. The van der Waals surface area contributed by atoms with Crippen LogP contribution >= 0.6 is 0 Å². The Hall–Kier alpha value is -1.18. The van der Waals surface area contributed by atoms with Gasteiger partial charge in [-0.15, -0.1) is 0 Å². The highest BCUT2D eigenvalue weighted by Gasteiger charge is 2.32. The molecule has 0 unspecified atom stereocenters. The molecule has 1 aromatic heterocycles. The highest BCUT2D eigenvalue weighted by molar-refractivity contribution is 7.89. The van der Waals surface area contributed by atoms with E-state index in [1.165, 1.54) is 6.20 Å². The molecule has 0 spiro atoms. The fraction of sp³-hybridized carbons (Fsp3) is 0.583. The molecule has 0 saturated carbocycles. The number of anilines is 1. The van der Waals surface area contributed by atoms with Crippen LogP contribution in [0.4, 0.5) is 5.82 Å². The van der Waals surface area contributed by atoms with E-state index in [0.29, 0.717) is 31.9 Å². The van der Waals surface area contributed by atoms with Gasteiger partial charge in [0.1, 0.15) is 10.7 Å². The summed E-state index contributed by atoms with van der Waals surface area (Å²) in [5, 5.41) is 2.85. The molecule has 7 heteroatoms. The first-order valence-electron chi connectivity index (χ1n) is 6.21. The minimum Gasteiger partial charge on any atom is -0.381 e. The molecule has 0 atom stereocenters. The van der Waals surface area contributed by atoms with E-state index in [9.17, 15) is 8.42 Å². The van der Waals surface area contributed by atoms with E-state index < -0.39 is 15.6 Å². The van der Waals surface area contributed by atoms with Crippen molar-refractivity contribution < 1.29 is 13.2 Å². The number of hydrogen-bond acceptors (Lipinski definition) is 5. The molecule has 0 aromatic carbocycles. The van der Waals surface area contributed by atoms with Gasteiger partial charge in [0.05, 0.1) is 0 Å². The molecular formula is C12H19N3O3S. The maximum Gasteiger partial charge on any atom is 0.242 e. The Morgan fingerprint density at radius 3 is 2.53 bits per heavy atom. The molecule has 1 aliphatic rings. The number of pyridine rings is 1. The zero-order chi connectivity index (χ0) is 13.9. The third-order valence-corrected chi connectivity index (χ3v) is 4.90. The van der Waals surface area contributed by atoms with Crippen LogP contribution in [0.25, 0.3) is 0 Å². The monoisotopic (exact) mass is 285 g/mol. The van der Waals surface area contributed by atoms with Gasteiger partial charge in [0.15, 0.2) is 0 Å². The van der Waals surface area contributed by atoms with Crippen LogP contribution in [0.5, 0.6) is 0 Å². The molecule has 2 heterocycles. The van der Waals surface area contributed by atoms with Gasteiger partial charge in [-0.2, -0.15) is 0 Å². The quantitative estimate of drug-likeness (QED) is 0.861. The van der Waals surface area contributed by atoms with Crippen LogP contribution in [0.1, 0.15) is 19.8 Å². The van der Waals surface area contributed by atoms with E-state index in [4.69, 9.17) is 4.74 Å². The van der Waals surface area contributed by atoms with Crippen LogP contribution in [-0.4, -0.2) is 39.2 Å². The highest BCUT2D eigenvalue weighted by atomic mass is 32.2. The lowest BCUT2D eigenvalue weighted by molar-refractivity contribution is 0.0537. The van der Waals surface area contributed by atoms with E-state index >= 15 is 0 Å². The lowest BCUT2D eigenvalue weighted by Crippen LogP contribution is -2.49. The first-order chi connectivity index (χ1) is 8.95. The number of ether oxygens (including phenoxy) is 1. The lowest BCUT2D eigenvalue weighted by atomic mass is 9.94. The van der Waals surface area contributed by atoms with Crippen molar-refractivity contribution >= 4 is 15.8 Å². The summed E-state index contributed by atoms with van der Waals surface area (Å²) < 4.78 is 32.6. The second kappa shape index (κ2) is 5.44. The normalized spacial score (nSPS) is 19.1. The summed E-state index contributed by atoms with van der Waals surface area (Å²) in [6, 6.07) is 3.19. The number of rotatable bonds is 4. The smallest absolute Gasteiger partial charge is 0.242 e. The molecule has 0 radical (unpaired) electrons. The SMILES string of the molecule is CNc1ccc(S(=O)(=O)NC2(C)CCOCC2)cn1. The summed E-state index contributed by atoms with van der Waals surface area (Å²) in [6.07, 6.45) is 2.71. The van der Waals surface area contributed by atoms with Crippen molar-refractivity contribution in [1.29, 1.82) is 0 Å². The van der Waals surface area contributed by atoms with E-state index in [1.54, 1.807) is 19.2 Å². The summed E-state index contributed by atoms with van der Waals surface area (Å²) in [7, 11) is -1.81. The van der Waals surface area contributed by atoms with Gasteiger partial charge in [-0.05, 0) is 31.9 Å². The number of nitrogens with zero attached hydrogens (tertiary/aromatic N) is 1. The molecular weight excluding hydrogens is 266 g/mol. The van der Waals surface area contributed by atoms with Crippen molar-refractivity contribution in [3.63, 3.8) is 0 Å². The van der Waals surface area contributed by atoms with Crippen molar-refractivity contribution in [1.82, 2.24) is 9.71 Å². The van der Waals surface area contributed by atoms with Gasteiger partial charge < -0.3 is 10.1 Å². The summed E-state index contributed by atoms with van der Waals surface area (Å²) >= 11 is 0. The van der Waals surface area contributed by atoms with E-state index in [2.05, 4.69) is 15.0 Å². The molecule has 6 nitrogen and oxygen atoms in total. The summed E-state index contributed by atoms with van der Waals surface area (Å²) in [6.45, 7) is 3.06. The number of sulfonamides is 1. The fourth-order valence-corrected chi connectivity index (χ4v) is 3.40. The third-order valence-electron chi connectivity index (χ3n) is 3.28. The topological polar surface area (TPSA) is 80.3 Å². The summed E-state index contributed by atoms with van der Waals surface area (Å²) in [4.78, 5) is 4.20. The predicted molar refractivity (Wildman–Crippen MR) is 72.6 cm³/mol. The largest absolute Gasteiger partial charge is 0.381 e. The second-order valence-electron chi connectivity index (χ2n) is 4.91. The Bertz CT molecular complexity index is 522. The zero-order valence-corrected chi connectivity index (χ0v) is 12.0. The first-order valence-corrected chi connectivity index (χ1v) is 7.69. The van der Waals surface area contributed by atoms with Gasteiger partial charge >= 0.3 is 0 Å². The summed E-state index contributed by atoms with van der Waals surface area (Å²) in [5.41, 5.74) is -0.446. The first kappa shape index (κ1) is 14.2. The number of aromatic nitrogens is 1. The van der Waals surface area contributed by atoms with Crippen molar-refractivity contribution in [3.8, 4) is 0 Å². The summed E-state index contributed by atoms with van der Waals surface area (Å²) in [5.74, 6) is 0.635. The maximum atomic E-state index is 12.3. The molecule has 2 N–H and O–H groups in total. The van der Waals surface area contributed by atoms with Crippen LogP contribution < -0.4 is 10.0 Å². The van der Waals surface area contributed by atoms with Crippen molar-refractivity contribution in [2.24, 2.45) is 0 Å². The molecule has 0 aliphatic carbocycles.